The van der Waals surface area contributed by atoms with Gasteiger partial charge in [-0.05, 0) is 72.1 Å². The Hall–Kier alpha value is -3.94. The standard InChI is InChI=1S/C22H17F2N3O3/c23-14-5-3-13(4-6-14)21-16(17-12-15(24)7-9-18(17)25-21)8-10-20(28)26-27-22(29)19-2-1-11-30-19/h1-7,9,11-12,25H,8,10H2,(H,26,28)(H,27,29). The van der Waals surface area contributed by atoms with E-state index in [1.807, 2.05) is 0 Å². The highest BCUT2D eigenvalue weighted by Gasteiger charge is 2.16. The molecule has 6 nitrogen and oxygen atoms in total. The van der Waals surface area contributed by atoms with Crippen molar-refractivity contribution in [3.05, 3.63) is 83.8 Å². The number of hydrogen-bond acceptors (Lipinski definition) is 3. The fourth-order valence-corrected chi connectivity index (χ4v) is 3.24. The number of furan rings is 1. The minimum absolute atomic E-state index is 0.0378. The largest absolute Gasteiger partial charge is 0.459 e. The lowest BCUT2D eigenvalue weighted by Crippen LogP contribution is -2.41. The Balaban J connectivity index is 1.53. The zero-order chi connectivity index (χ0) is 21.1. The molecule has 2 aromatic carbocycles. The molecule has 8 heteroatoms. The van der Waals surface area contributed by atoms with Crippen LogP contribution in [0.4, 0.5) is 8.78 Å². The quantitative estimate of drug-likeness (QED) is 0.434. The first kappa shape index (κ1) is 19.4. The van der Waals surface area contributed by atoms with Gasteiger partial charge in [-0.3, -0.25) is 20.4 Å². The van der Waals surface area contributed by atoms with Crippen molar-refractivity contribution < 1.29 is 22.8 Å². The van der Waals surface area contributed by atoms with E-state index >= 15 is 0 Å². The molecule has 2 amide bonds. The predicted octanol–water partition coefficient (Wildman–Crippen LogP) is 4.10. The van der Waals surface area contributed by atoms with Gasteiger partial charge >= 0.3 is 5.91 Å². The zero-order valence-corrected chi connectivity index (χ0v) is 15.7. The van der Waals surface area contributed by atoms with E-state index in [2.05, 4.69) is 15.8 Å². The van der Waals surface area contributed by atoms with Crippen LogP contribution in [-0.4, -0.2) is 16.8 Å². The van der Waals surface area contributed by atoms with Crippen LogP contribution in [0, 0.1) is 11.6 Å². The van der Waals surface area contributed by atoms with E-state index in [-0.39, 0.29) is 24.4 Å². The normalized spacial score (nSPS) is 10.9. The summed E-state index contributed by atoms with van der Waals surface area (Å²) >= 11 is 0. The fourth-order valence-electron chi connectivity index (χ4n) is 3.24. The third-order valence-electron chi connectivity index (χ3n) is 4.66. The minimum Gasteiger partial charge on any atom is -0.459 e. The van der Waals surface area contributed by atoms with E-state index in [1.54, 1.807) is 24.3 Å². The minimum atomic E-state index is -0.575. The van der Waals surface area contributed by atoms with Crippen molar-refractivity contribution >= 4 is 22.7 Å². The van der Waals surface area contributed by atoms with Gasteiger partial charge in [-0.15, -0.1) is 0 Å². The van der Waals surface area contributed by atoms with E-state index in [1.165, 1.54) is 36.6 Å². The molecule has 4 rings (SSSR count). The Morgan fingerprint density at radius 3 is 2.47 bits per heavy atom. The van der Waals surface area contributed by atoms with E-state index in [0.29, 0.717) is 16.6 Å². The van der Waals surface area contributed by atoms with Crippen LogP contribution in [0.1, 0.15) is 22.5 Å². The van der Waals surface area contributed by atoms with Gasteiger partial charge in [0.15, 0.2) is 5.76 Å². The number of rotatable bonds is 5. The number of benzene rings is 2. The molecule has 4 aromatic rings. The molecular weight excluding hydrogens is 392 g/mol. The number of aromatic amines is 1. The van der Waals surface area contributed by atoms with Gasteiger partial charge in [-0.2, -0.15) is 0 Å². The molecule has 0 aliphatic rings. The summed E-state index contributed by atoms with van der Waals surface area (Å²) in [6, 6.07) is 13.3. The maximum absolute atomic E-state index is 13.8. The lowest BCUT2D eigenvalue weighted by atomic mass is 10.0. The summed E-state index contributed by atoms with van der Waals surface area (Å²) in [6.07, 6.45) is 1.67. The van der Waals surface area contributed by atoms with E-state index in [0.717, 1.165) is 11.1 Å². The Kier molecular flexibility index (Phi) is 5.30. The van der Waals surface area contributed by atoms with Crippen LogP contribution < -0.4 is 10.9 Å². The number of amides is 2. The van der Waals surface area contributed by atoms with Crippen LogP contribution in [0.5, 0.6) is 0 Å². The monoisotopic (exact) mass is 409 g/mol. The number of aromatic nitrogens is 1. The van der Waals surface area contributed by atoms with Gasteiger partial charge in [-0.25, -0.2) is 8.78 Å². The molecule has 3 N–H and O–H groups in total. The highest BCUT2D eigenvalue weighted by atomic mass is 19.1. The van der Waals surface area contributed by atoms with Gasteiger partial charge in [0.25, 0.3) is 0 Å². The second-order valence-electron chi connectivity index (χ2n) is 6.65. The second kappa shape index (κ2) is 8.20. The van der Waals surface area contributed by atoms with Crippen molar-refractivity contribution in [2.24, 2.45) is 0 Å². The first-order chi connectivity index (χ1) is 14.5. The molecular formula is C22H17F2N3O3. The van der Waals surface area contributed by atoms with Crippen molar-refractivity contribution in [2.75, 3.05) is 0 Å². The van der Waals surface area contributed by atoms with Gasteiger partial charge < -0.3 is 9.40 Å². The molecule has 0 unspecified atom stereocenters. The predicted molar refractivity (Wildman–Crippen MR) is 106 cm³/mol. The van der Waals surface area contributed by atoms with Crippen molar-refractivity contribution in [3.63, 3.8) is 0 Å². The average Bonchev–Trinajstić information content (AvgIpc) is 3.39. The molecule has 2 aromatic heterocycles. The summed E-state index contributed by atoms with van der Waals surface area (Å²) in [5, 5.41) is 0.641. The summed E-state index contributed by atoms with van der Waals surface area (Å²) in [5.41, 5.74) is 7.43. The van der Waals surface area contributed by atoms with Gasteiger partial charge in [0, 0.05) is 23.0 Å². The van der Waals surface area contributed by atoms with Crippen LogP contribution in [0.25, 0.3) is 22.2 Å². The van der Waals surface area contributed by atoms with E-state index in [9.17, 15) is 18.4 Å². The third-order valence-corrected chi connectivity index (χ3v) is 4.66. The molecule has 152 valence electrons. The molecule has 0 saturated heterocycles. The molecule has 0 radical (unpaired) electrons. The number of fused-ring (bicyclic) bond motifs is 1. The average molecular weight is 409 g/mol. The molecule has 0 aliphatic carbocycles. The molecule has 0 atom stereocenters. The molecule has 0 fully saturated rings. The number of carbonyl (C=O) groups excluding carboxylic acids is 2. The number of carbonyl (C=O) groups is 2. The van der Waals surface area contributed by atoms with E-state index in [4.69, 9.17) is 4.42 Å². The maximum Gasteiger partial charge on any atom is 0.305 e. The third kappa shape index (κ3) is 4.07. The lowest BCUT2D eigenvalue weighted by molar-refractivity contribution is -0.121. The van der Waals surface area contributed by atoms with Gasteiger partial charge in [0.2, 0.25) is 5.91 Å². The van der Waals surface area contributed by atoms with Gasteiger partial charge in [0.05, 0.1) is 6.26 Å². The number of hydrogen-bond donors (Lipinski definition) is 3. The Morgan fingerprint density at radius 1 is 0.967 bits per heavy atom. The summed E-state index contributed by atoms with van der Waals surface area (Å²) in [4.78, 5) is 27.3. The molecule has 0 saturated carbocycles. The number of nitrogens with one attached hydrogen (secondary N) is 3. The van der Waals surface area contributed by atoms with Gasteiger partial charge in [-0.1, -0.05) is 0 Å². The van der Waals surface area contributed by atoms with Crippen LogP contribution in [0.3, 0.4) is 0 Å². The number of aryl methyl sites for hydroxylation is 1. The van der Waals surface area contributed by atoms with Crippen molar-refractivity contribution in [1.29, 1.82) is 0 Å². The topological polar surface area (TPSA) is 87.1 Å². The van der Waals surface area contributed by atoms with Crippen molar-refractivity contribution in [2.45, 2.75) is 12.8 Å². The summed E-state index contributed by atoms with van der Waals surface area (Å²) in [7, 11) is 0. The Morgan fingerprint density at radius 2 is 1.73 bits per heavy atom. The molecule has 0 aliphatic heterocycles. The van der Waals surface area contributed by atoms with Crippen LogP contribution in [-0.2, 0) is 11.2 Å². The lowest BCUT2D eigenvalue weighted by Gasteiger charge is -2.08. The summed E-state index contributed by atoms with van der Waals surface area (Å²) in [5.74, 6) is -1.70. The SMILES string of the molecule is O=C(CCc1c(-c2ccc(F)cc2)[nH]c2ccc(F)cc12)NNC(=O)c1ccco1. The van der Waals surface area contributed by atoms with Crippen LogP contribution in [0.2, 0.25) is 0 Å². The molecule has 0 bridgehead atoms. The van der Waals surface area contributed by atoms with Crippen LogP contribution >= 0.6 is 0 Å². The summed E-state index contributed by atoms with van der Waals surface area (Å²) in [6.45, 7) is 0. The second-order valence-corrected chi connectivity index (χ2v) is 6.65. The molecule has 30 heavy (non-hydrogen) atoms. The van der Waals surface area contributed by atoms with Crippen molar-refractivity contribution in [1.82, 2.24) is 15.8 Å². The fraction of sp³-hybridized carbons (Fsp3) is 0.0909. The summed E-state index contributed by atoms with van der Waals surface area (Å²) < 4.78 is 32.1. The Bertz CT molecular complexity index is 1200. The number of halogens is 2. The first-order valence-corrected chi connectivity index (χ1v) is 9.20. The first-order valence-electron chi connectivity index (χ1n) is 9.20. The van der Waals surface area contributed by atoms with Crippen LogP contribution in [0.15, 0.2) is 65.3 Å². The van der Waals surface area contributed by atoms with Gasteiger partial charge in [0.1, 0.15) is 11.6 Å². The number of H-pyrrole nitrogens is 1. The molecule has 0 spiro atoms. The maximum atomic E-state index is 13.8. The highest BCUT2D eigenvalue weighted by Crippen LogP contribution is 2.32. The Labute approximate surface area is 169 Å². The zero-order valence-electron chi connectivity index (χ0n) is 15.7. The van der Waals surface area contributed by atoms with Crippen molar-refractivity contribution in [3.8, 4) is 11.3 Å². The number of hydrazine groups is 1. The van der Waals surface area contributed by atoms with E-state index < -0.39 is 17.6 Å². The smallest absolute Gasteiger partial charge is 0.305 e. The highest BCUT2D eigenvalue weighted by molar-refractivity contribution is 5.93. The molecule has 2 heterocycles.